The maximum Gasteiger partial charge on any atom is 0.191 e. The lowest BCUT2D eigenvalue weighted by Gasteiger charge is -2.12. The van der Waals surface area contributed by atoms with Crippen molar-refractivity contribution in [2.45, 2.75) is 33.6 Å². The molecule has 7 heteroatoms. The van der Waals surface area contributed by atoms with Crippen LogP contribution < -0.4 is 20.1 Å². The van der Waals surface area contributed by atoms with Gasteiger partial charge in [-0.15, -0.1) is 24.0 Å². The maximum atomic E-state index is 5.62. The molecule has 6 nitrogen and oxygen atoms in total. The van der Waals surface area contributed by atoms with Gasteiger partial charge >= 0.3 is 0 Å². The van der Waals surface area contributed by atoms with Crippen molar-refractivity contribution in [1.29, 1.82) is 0 Å². The molecule has 0 heterocycles. The Labute approximate surface area is 175 Å². The van der Waals surface area contributed by atoms with Gasteiger partial charge in [-0.3, -0.25) is 4.99 Å². The number of halogens is 1. The minimum atomic E-state index is 0. The maximum absolute atomic E-state index is 5.62. The predicted molar refractivity (Wildman–Crippen MR) is 118 cm³/mol. The van der Waals surface area contributed by atoms with Crippen molar-refractivity contribution < 1.29 is 14.2 Å². The van der Waals surface area contributed by atoms with Gasteiger partial charge in [-0.25, -0.2) is 0 Å². The van der Waals surface area contributed by atoms with Crippen LogP contribution in [0.5, 0.6) is 11.5 Å². The molecule has 2 N–H and O–H groups in total. The van der Waals surface area contributed by atoms with E-state index in [1.165, 1.54) is 5.56 Å². The van der Waals surface area contributed by atoms with E-state index in [0.29, 0.717) is 13.2 Å². The Morgan fingerprint density at radius 1 is 1.08 bits per heavy atom. The average Bonchev–Trinajstić information content (AvgIpc) is 2.62. The second-order valence-corrected chi connectivity index (χ2v) is 5.41. The van der Waals surface area contributed by atoms with E-state index in [2.05, 4.69) is 34.7 Å². The third-order valence-electron chi connectivity index (χ3n) is 3.51. The molecule has 0 aliphatic carbocycles. The molecule has 0 spiro atoms. The zero-order valence-corrected chi connectivity index (χ0v) is 18.8. The van der Waals surface area contributed by atoms with Crippen LogP contribution in [-0.2, 0) is 11.2 Å². The van der Waals surface area contributed by atoms with E-state index in [4.69, 9.17) is 14.2 Å². The third-order valence-corrected chi connectivity index (χ3v) is 3.51. The minimum absolute atomic E-state index is 0. The molecule has 0 radical (unpaired) electrons. The Hall–Kier alpha value is -1.22. The standard InChI is InChI=1S/C19H33N3O3.HI/c1-5-20-19(22-13-14-24-6-2)21-12-8-9-16-10-11-17(23-4)18(15-16)25-7-3;/h10-11,15H,5-9,12-14H2,1-4H3,(H2,20,21,22);1H. The number of rotatable bonds is 12. The van der Waals surface area contributed by atoms with Crippen LogP contribution >= 0.6 is 24.0 Å². The zero-order chi connectivity index (χ0) is 18.3. The molecule has 150 valence electrons. The fourth-order valence-corrected chi connectivity index (χ4v) is 2.35. The van der Waals surface area contributed by atoms with Gasteiger partial charge in [0.1, 0.15) is 0 Å². The summed E-state index contributed by atoms with van der Waals surface area (Å²) in [6.07, 6.45) is 1.92. The number of hydrogen-bond donors (Lipinski definition) is 2. The number of methoxy groups -OCH3 is 1. The monoisotopic (exact) mass is 479 g/mol. The van der Waals surface area contributed by atoms with E-state index in [0.717, 1.165) is 56.5 Å². The first-order valence-corrected chi connectivity index (χ1v) is 9.14. The highest BCUT2D eigenvalue weighted by Crippen LogP contribution is 2.28. The summed E-state index contributed by atoms with van der Waals surface area (Å²) in [6, 6.07) is 6.09. The number of nitrogens with one attached hydrogen (secondary N) is 2. The summed E-state index contributed by atoms with van der Waals surface area (Å²) in [7, 11) is 1.66. The van der Waals surface area contributed by atoms with Crippen LogP contribution in [0.2, 0.25) is 0 Å². The van der Waals surface area contributed by atoms with E-state index in [9.17, 15) is 0 Å². The van der Waals surface area contributed by atoms with Crippen LogP contribution in [0, 0.1) is 0 Å². The summed E-state index contributed by atoms with van der Waals surface area (Å²) in [4.78, 5) is 4.60. The number of benzene rings is 1. The van der Waals surface area contributed by atoms with Crippen molar-refractivity contribution >= 4 is 29.9 Å². The lowest BCUT2D eigenvalue weighted by atomic mass is 10.1. The average molecular weight is 479 g/mol. The molecule has 1 rings (SSSR count). The molecule has 0 amide bonds. The summed E-state index contributed by atoms with van der Waals surface area (Å²) in [5.74, 6) is 2.42. The van der Waals surface area contributed by atoms with Crippen molar-refractivity contribution in [3.05, 3.63) is 23.8 Å². The topological polar surface area (TPSA) is 64.1 Å². The SMILES string of the molecule is CCNC(=NCCCc1ccc(OC)c(OCC)c1)NCCOCC.I. The largest absolute Gasteiger partial charge is 0.493 e. The molecule has 0 saturated carbocycles. The highest BCUT2D eigenvalue weighted by molar-refractivity contribution is 14.0. The molecule has 0 unspecified atom stereocenters. The van der Waals surface area contributed by atoms with Crippen molar-refractivity contribution in [3.63, 3.8) is 0 Å². The van der Waals surface area contributed by atoms with Crippen LogP contribution in [0.1, 0.15) is 32.8 Å². The quantitative estimate of drug-likeness (QED) is 0.209. The van der Waals surface area contributed by atoms with Gasteiger partial charge in [-0.2, -0.15) is 0 Å². The molecule has 0 fully saturated rings. The van der Waals surface area contributed by atoms with Crippen LogP contribution in [0.25, 0.3) is 0 Å². The molecule has 0 bridgehead atoms. The number of guanidine groups is 1. The van der Waals surface area contributed by atoms with Crippen LogP contribution in [0.15, 0.2) is 23.2 Å². The smallest absolute Gasteiger partial charge is 0.191 e. The van der Waals surface area contributed by atoms with Gasteiger partial charge in [-0.1, -0.05) is 6.07 Å². The minimum Gasteiger partial charge on any atom is -0.493 e. The van der Waals surface area contributed by atoms with Crippen molar-refractivity contribution in [2.75, 3.05) is 46.6 Å². The van der Waals surface area contributed by atoms with Crippen LogP contribution in [0.4, 0.5) is 0 Å². The van der Waals surface area contributed by atoms with Crippen molar-refractivity contribution in [1.82, 2.24) is 10.6 Å². The van der Waals surface area contributed by atoms with Gasteiger partial charge in [-0.05, 0) is 51.3 Å². The molecule has 0 aromatic heterocycles. The number of aliphatic imine (C=N–C) groups is 1. The van der Waals surface area contributed by atoms with Crippen molar-refractivity contribution in [2.24, 2.45) is 4.99 Å². The molecule has 0 aliphatic heterocycles. The van der Waals surface area contributed by atoms with Gasteiger partial charge in [0.2, 0.25) is 0 Å². The first-order valence-electron chi connectivity index (χ1n) is 9.14. The summed E-state index contributed by atoms with van der Waals surface area (Å²) in [6.45, 7) is 10.5. The summed E-state index contributed by atoms with van der Waals surface area (Å²) < 4.78 is 16.3. The lowest BCUT2D eigenvalue weighted by molar-refractivity contribution is 0.152. The Kier molecular flexibility index (Phi) is 15.2. The van der Waals surface area contributed by atoms with Gasteiger partial charge in [0, 0.05) is 26.2 Å². The lowest BCUT2D eigenvalue weighted by Crippen LogP contribution is -2.39. The van der Waals surface area contributed by atoms with Gasteiger partial charge in [0.15, 0.2) is 17.5 Å². The molecular formula is C19H34IN3O3. The Bertz CT molecular complexity index is 513. The van der Waals surface area contributed by atoms with E-state index >= 15 is 0 Å². The third kappa shape index (κ3) is 10.1. The highest BCUT2D eigenvalue weighted by Gasteiger charge is 2.05. The van der Waals surface area contributed by atoms with Crippen LogP contribution in [0.3, 0.4) is 0 Å². The number of nitrogens with zero attached hydrogens (tertiary/aromatic N) is 1. The summed E-state index contributed by atoms with van der Waals surface area (Å²) >= 11 is 0. The molecule has 1 aromatic rings. The highest BCUT2D eigenvalue weighted by atomic mass is 127. The second kappa shape index (κ2) is 16.0. The predicted octanol–water partition coefficient (Wildman–Crippen LogP) is 3.24. The molecule has 0 aliphatic rings. The summed E-state index contributed by atoms with van der Waals surface area (Å²) in [5.41, 5.74) is 1.23. The van der Waals surface area contributed by atoms with E-state index in [1.807, 2.05) is 19.9 Å². The Morgan fingerprint density at radius 3 is 2.54 bits per heavy atom. The Balaban J connectivity index is 0.00000625. The molecule has 0 saturated heterocycles. The zero-order valence-electron chi connectivity index (χ0n) is 16.5. The first kappa shape index (κ1) is 24.8. The molecule has 1 aromatic carbocycles. The van der Waals surface area contributed by atoms with Gasteiger partial charge in [0.05, 0.1) is 20.3 Å². The number of ether oxygens (including phenoxy) is 3. The molecule has 0 atom stereocenters. The normalized spacial score (nSPS) is 10.8. The Morgan fingerprint density at radius 2 is 1.88 bits per heavy atom. The summed E-state index contributed by atoms with van der Waals surface area (Å²) in [5, 5.41) is 6.52. The van der Waals surface area contributed by atoms with Crippen LogP contribution in [-0.4, -0.2) is 52.5 Å². The fraction of sp³-hybridized carbons (Fsp3) is 0.632. The van der Waals surface area contributed by atoms with E-state index < -0.39 is 0 Å². The number of hydrogen-bond acceptors (Lipinski definition) is 4. The number of aryl methyl sites for hydroxylation is 1. The van der Waals surface area contributed by atoms with E-state index in [-0.39, 0.29) is 24.0 Å². The van der Waals surface area contributed by atoms with Crippen molar-refractivity contribution in [3.8, 4) is 11.5 Å². The second-order valence-electron chi connectivity index (χ2n) is 5.41. The van der Waals surface area contributed by atoms with Gasteiger partial charge < -0.3 is 24.8 Å². The van der Waals surface area contributed by atoms with Gasteiger partial charge in [0.25, 0.3) is 0 Å². The molecular weight excluding hydrogens is 445 g/mol. The first-order chi connectivity index (χ1) is 12.2. The molecule has 26 heavy (non-hydrogen) atoms. The van der Waals surface area contributed by atoms with E-state index in [1.54, 1.807) is 7.11 Å². The fourth-order valence-electron chi connectivity index (χ4n) is 2.35.